The van der Waals surface area contributed by atoms with Crippen LogP contribution >= 0.6 is 0 Å². The molecule has 0 fully saturated rings. The van der Waals surface area contributed by atoms with Crippen molar-refractivity contribution in [2.75, 3.05) is 0 Å². The van der Waals surface area contributed by atoms with E-state index >= 15 is 0 Å². The largest absolute Gasteiger partial charge is 0.439 e. The first kappa shape index (κ1) is 13.6. The Morgan fingerprint density at radius 2 is 1.74 bits per heavy atom. The van der Waals surface area contributed by atoms with E-state index in [9.17, 15) is 0 Å². The Morgan fingerprint density at radius 3 is 2.21 bits per heavy atom. The Bertz CT molecular complexity index is 524. The van der Waals surface area contributed by atoms with Crippen molar-refractivity contribution >= 4 is 0 Å². The third-order valence-electron chi connectivity index (χ3n) is 2.98. The van der Waals surface area contributed by atoms with Gasteiger partial charge in [-0.15, -0.1) is 0 Å². The molecule has 0 spiro atoms. The predicted octanol–water partition coefficient (Wildman–Crippen LogP) is 3.63. The van der Waals surface area contributed by atoms with Crippen LogP contribution in [0.4, 0.5) is 0 Å². The highest BCUT2D eigenvalue weighted by Crippen LogP contribution is 2.26. The number of rotatable bonds is 3. The molecule has 0 atom stereocenters. The van der Waals surface area contributed by atoms with Crippen molar-refractivity contribution in [1.29, 1.82) is 0 Å². The molecule has 1 aromatic carbocycles. The zero-order valence-corrected chi connectivity index (χ0v) is 11.7. The second-order valence-electron chi connectivity index (χ2n) is 5.59. The molecule has 0 bridgehead atoms. The first-order valence-electron chi connectivity index (χ1n) is 6.42. The first-order chi connectivity index (χ1) is 8.99. The number of ether oxygens (including phenoxy) is 1. The lowest BCUT2D eigenvalue weighted by Gasteiger charge is -2.19. The Hall–Kier alpha value is -1.87. The summed E-state index contributed by atoms with van der Waals surface area (Å²) >= 11 is 0. The van der Waals surface area contributed by atoms with Crippen molar-refractivity contribution in [2.24, 2.45) is 5.73 Å². The SMILES string of the molecule is CC(C)(C)c1ccc(Oc2ccc(CN)cn2)cc1. The standard InChI is InChI=1S/C16H20N2O/c1-16(2,3)13-5-7-14(8-6-13)19-15-9-4-12(10-17)11-18-15/h4-9,11H,10,17H2,1-3H3. The van der Waals surface area contributed by atoms with E-state index < -0.39 is 0 Å². The minimum Gasteiger partial charge on any atom is -0.439 e. The van der Waals surface area contributed by atoms with Crippen molar-refractivity contribution in [3.05, 3.63) is 53.7 Å². The van der Waals surface area contributed by atoms with Gasteiger partial charge in [0, 0.05) is 18.8 Å². The van der Waals surface area contributed by atoms with Crippen LogP contribution in [0.2, 0.25) is 0 Å². The molecule has 1 aromatic heterocycles. The Balaban J connectivity index is 2.10. The summed E-state index contributed by atoms with van der Waals surface area (Å²) in [6.45, 7) is 7.06. The molecule has 19 heavy (non-hydrogen) atoms. The maximum atomic E-state index is 5.69. The number of hydrogen-bond acceptors (Lipinski definition) is 3. The van der Waals surface area contributed by atoms with E-state index in [0.29, 0.717) is 12.4 Å². The van der Waals surface area contributed by atoms with Crippen LogP contribution in [0.25, 0.3) is 0 Å². The monoisotopic (exact) mass is 256 g/mol. The number of nitrogens with zero attached hydrogens (tertiary/aromatic N) is 1. The van der Waals surface area contributed by atoms with Gasteiger partial charge in [0.25, 0.3) is 0 Å². The van der Waals surface area contributed by atoms with Crippen molar-refractivity contribution in [3.8, 4) is 11.6 Å². The Morgan fingerprint density at radius 1 is 1.05 bits per heavy atom. The lowest BCUT2D eigenvalue weighted by molar-refractivity contribution is 0.461. The minimum atomic E-state index is 0.152. The van der Waals surface area contributed by atoms with E-state index in [0.717, 1.165) is 11.3 Å². The normalized spacial score (nSPS) is 11.4. The molecule has 0 aliphatic rings. The van der Waals surface area contributed by atoms with Crippen LogP contribution in [-0.2, 0) is 12.0 Å². The van der Waals surface area contributed by atoms with E-state index in [2.05, 4.69) is 37.9 Å². The second kappa shape index (κ2) is 5.41. The summed E-state index contributed by atoms with van der Waals surface area (Å²) in [5, 5.41) is 0. The average Bonchev–Trinajstić information content (AvgIpc) is 2.39. The molecule has 0 unspecified atom stereocenters. The van der Waals surface area contributed by atoms with Gasteiger partial charge in [0.1, 0.15) is 5.75 Å². The summed E-state index contributed by atoms with van der Waals surface area (Å²) in [5.41, 5.74) is 7.96. The molecule has 3 heteroatoms. The molecule has 3 nitrogen and oxygen atoms in total. The summed E-state index contributed by atoms with van der Waals surface area (Å²) in [5.74, 6) is 1.38. The van der Waals surface area contributed by atoms with E-state index in [4.69, 9.17) is 10.5 Å². The predicted molar refractivity (Wildman–Crippen MR) is 77.3 cm³/mol. The fourth-order valence-corrected chi connectivity index (χ4v) is 1.74. The van der Waals surface area contributed by atoms with Gasteiger partial charge in [0.15, 0.2) is 0 Å². The van der Waals surface area contributed by atoms with Crippen LogP contribution in [-0.4, -0.2) is 4.98 Å². The average molecular weight is 256 g/mol. The first-order valence-corrected chi connectivity index (χ1v) is 6.42. The summed E-state index contributed by atoms with van der Waals surface area (Å²) in [4.78, 5) is 4.21. The van der Waals surface area contributed by atoms with Gasteiger partial charge in [-0.25, -0.2) is 4.98 Å². The zero-order valence-electron chi connectivity index (χ0n) is 11.7. The fourth-order valence-electron chi connectivity index (χ4n) is 1.74. The maximum Gasteiger partial charge on any atom is 0.219 e. The molecule has 0 saturated heterocycles. The van der Waals surface area contributed by atoms with Crippen molar-refractivity contribution in [2.45, 2.75) is 32.7 Å². The summed E-state index contributed by atoms with van der Waals surface area (Å²) in [7, 11) is 0. The van der Waals surface area contributed by atoms with Crippen LogP contribution in [0.1, 0.15) is 31.9 Å². The van der Waals surface area contributed by atoms with Gasteiger partial charge in [-0.3, -0.25) is 0 Å². The zero-order chi connectivity index (χ0) is 13.9. The second-order valence-corrected chi connectivity index (χ2v) is 5.59. The fraction of sp³-hybridized carbons (Fsp3) is 0.312. The van der Waals surface area contributed by atoms with Crippen molar-refractivity contribution < 1.29 is 4.74 Å². The molecule has 2 N–H and O–H groups in total. The number of nitrogens with two attached hydrogens (primary N) is 1. The molecular formula is C16H20N2O. The van der Waals surface area contributed by atoms with Gasteiger partial charge in [-0.1, -0.05) is 39.0 Å². The molecule has 0 aliphatic carbocycles. The third kappa shape index (κ3) is 3.55. The molecule has 0 aliphatic heterocycles. The third-order valence-corrected chi connectivity index (χ3v) is 2.98. The summed E-state index contributed by atoms with van der Waals surface area (Å²) in [6, 6.07) is 11.9. The van der Waals surface area contributed by atoms with Crippen molar-refractivity contribution in [3.63, 3.8) is 0 Å². The van der Waals surface area contributed by atoms with Crippen LogP contribution in [0.3, 0.4) is 0 Å². The quantitative estimate of drug-likeness (QED) is 0.912. The number of pyridine rings is 1. The van der Waals surface area contributed by atoms with Crippen LogP contribution in [0.15, 0.2) is 42.6 Å². The highest BCUT2D eigenvalue weighted by atomic mass is 16.5. The topological polar surface area (TPSA) is 48.1 Å². The summed E-state index contributed by atoms with van der Waals surface area (Å²) < 4.78 is 5.69. The van der Waals surface area contributed by atoms with Gasteiger partial charge >= 0.3 is 0 Å². The Kier molecular flexibility index (Phi) is 3.86. The van der Waals surface area contributed by atoms with Gasteiger partial charge < -0.3 is 10.5 Å². The van der Waals surface area contributed by atoms with Gasteiger partial charge in [-0.05, 0) is 28.7 Å². The summed E-state index contributed by atoms with van der Waals surface area (Å²) in [6.07, 6.45) is 1.73. The molecule has 1 heterocycles. The van der Waals surface area contributed by atoms with Gasteiger partial charge in [-0.2, -0.15) is 0 Å². The van der Waals surface area contributed by atoms with Gasteiger partial charge in [0.2, 0.25) is 5.88 Å². The van der Waals surface area contributed by atoms with E-state index in [-0.39, 0.29) is 5.41 Å². The van der Waals surface area contributed by atoms with Crippen LogP contribution < -0.4 is 10.5 Å². The molecule has 0 saturated carbocycles. The molecule has 0 radical (unpaired) electrons. The smallest absolute Gasteiger partial charge is 0.219 e. The minimum absolute atomic E-state index is 0.152. The van der Waals surface area contributed by atoms with Crippen molar-refractivity contribution in [1.82, 2.24) is 4.98 Å². The molecule has 2 rings (SSSR count). The molecule has 100 valence electrons. The molecule has 2 aromatic rings. The van der Waals surface area contributed by atoms with Crippen LogP contribution in [0, 0.1) is 0 Å². The van der Waals surface area contributed by atoms with Gasteiger partial charge in [0.05, 0.1) is 0 Å². The van der Waals surface area contributed by atoms with Crippen LogP contribution in [0.5, 0.6) is 11.6 Å². The number of hydrogen-bond donors (Lipinski definition) is 1. The number of aromatic nitrogens is 1. The number of benzene rings is 1. The maximum absolute atomic E-state index is 5.69. The van der Waals surface area contributed by atoms with E-state index in [1.54, 1.807) is 6.20 Å². The lowest BCUT2D eigenvalue weighted by atomic mass is 9.87. The molecule has 0 amide bonds. The van der Waals surface area contributed by atoms with E-state index in [1.165, 1.54) is 5.56 Å². The Labute approximate surface area is 114 Å². The highest BCUT2D eigenvalue weighted by Gasteiger charge is 2.13. The lowest BCUT2D eigenvalue weighted by Crippen LogP contribution is -2.10. The highest BCUT2D eigenvalue weighted by molar-refractivity contribution is 5.33. The molecular weight excluding hydrogens is 236 g/mol. The van der Waals surface area contributed by atoms with E-state index in [1.807, 2.05) is 24.3 Å².